The highest BCUT2D eigenvalue weighted by molar-refractivity contribution is 9.10. The van der Waals surface area contributed by atoms with Gasteiger partial charge in [0.2, 0.25) is 0 Å². The molecule has 2 aromatic rings. The Bertz CT molecular complexity index is 602. The van der Waals surface area contributed by atoms with Gasteiger partial charge in [0.05, 0.1) is 30.4 Å². The number of carbonyl (C=O) groups is 1. The molecule has 0 unspecified atom stereocenters. The van der Waals surface area contributed by atoms with Crippen molar-refractivity contribution in [3.05, 3.63) is 40.5 Å². The molecule has 1 fully saturated rings. The second-order valence-electron chi connectivity index (χ2n) is 4.53. The number of amides is 1. The van der Waals surface area contributed by atoms with Crippen molar-refractivity contribution in [2.45, 2.75) is 6.54 Å². The van der Waals surface area contributed by atoms with Crippen LogP contribution >= 0.6 is 15.9 Å². The maximum atomic E-state index is 12.2. The zero-order valence-corrected chi connectivity index (χ0v) is 12.4. The number of carbonyl (C=O) groups excluding carboxylic acids is 1. The van der Waals surface area contributed by atoms with Gasteiger partial charge in [-0.15, -0.1) is 0 Å². The van der Waals surface area contributed by atoms with Crippen LogP contribution in [0.25, 0.3) is 0 Å². The monoisotopic (exact) mass is 339 g/mol. The van der Waals surface area contributed by atoms with Gasteiger partial charge in [-0.25, -0.2) is 0 Å². The molecule has 20 heavy (non-hydrogen) atoms. The van der Waals surface area contributed by atoms with Gasteiger partial charge in [0.25, 0.3) is 5.91 Å². The van der Waals surface area contributed by atoms with E-state index in [-0.39, 0.29) is 5.91 Å². The average molecular weight is 340 g/mol. The number of ether oxygens (including phenoxy) is 1. The first-order chi connectivity index (χ1) is 9.72. The lowest BCUT2D eigenvalue weighted by Gasteiger charge is -2.25. The minimum Gasteiger partial charge on any atom is -0.454 e. The summed E-state index contributed by atoms with van der Waals surface area (Å²) in [7, 11) is 0. The van der Waals surface area contributed by atoms with Crippen LogP contribution in [0.3, 0.4) is 0 Å². The van der Waals surface area contributed by atoms with E-state index in [4.69, 9.17) is 9.15 Å². The first kappa shape index (κ1) is 13.4. The molecule has 0 saturated carbocycles. The Hall–Kier alpha value is -1.60. The van der Waals surface area contributed by atoms with Crippen LogP contribution in [0.4, 0.5) is 0 Å². The number of hydrogen-bond acceptors (Lipinski definition) is 4. The van der Waals surface area contributed by atoms with Crippen molar-refractivity contribution < 1.29 is 13.9 Å². The third kappa shape index (κ3) is 2.94. The van der Waals surface area contributed by atoms with Crippen molar-refractivity contribution in [1.29, 1.82) is 0 Å². The van der Waals surface area contributed by atoms with E-state index < -0.39 is 0 Å². The zero-order chi connectivity index (χ0) is 13.9. The Labute approximate surface area is 124 Å². The number of halogens is 1. The Morgan fingerprint density at radius 1 is 1.35 bits per heavy atom. The third-order valence-corrected chi connectivity index (χ3v) is 3.50. The summed E-state index contributed by atoms with van der Waals surface area (Å²) in [5, 5.41) is 4.15. The van der Waals surface area contributed by atoms with Crippen molar-refractivity contribution in [2.24, 2.45) is 0 Å². The van der Waals surface area contributed by atoms with Crippen LogP contribution in [-0.4, -0.2) is 46.9 Å². The van der Waals surface area contributed by atoms with E-state index in [0.29, 0.717) is 44.4 Å². The lowest BCUT2D eigenvalue weighted by atomic mass is 10.3. The van der Waals surface area contributed by atoms with Crippen LogP contribution in [0, 0.1) is 0 Å². The summed E-state index contributed by atoms with van der Waals surface area (Å²) in [5.74, 6) is 0.992. The average Bonchev–Trinajstić information content (AvgIpc) is 3.09. The predicted molar refractivity (Wildman–Crippen MR) is 74.5 cm³/mol. The van der Waals surface area contributed by atoms with E-state index in [9.17, 15) is 4.79 Å². The molecular formula is C13H14BrN3O3. The van der Waals surface area contributed by atoms with E-state index in [0.717, 1.165) is 4.47 Å². The molecule has 0 bridgehead atoms. The number of aromatic nitrogens is 2. The molecule has 7 heteroatoms. The molecule has 1 aliphatic rings. The van der Waals surface area contributed by atoms with Crippen LogP contribution in [-0.2, 0) is 11.3 Å². The smallest absolute Gasteiger partial charge is 0.289 e. The molecule has 0 aromatic carbocycles. The number of furan rings is 1. The number of hydrogen-bond donors (Lipinski definition) is 0. The lowest BCUT2D eigenvalue weighted by Crippen LogP contribution is -2.40. The minimum atomic E-state index is -0.0822. The van der Waals surface area contributed by atoms with Gasteiger partial charge in [-0.2, -0.15) is 5.10 Å². The van der Waals surface area contributed by atoms with Crippen LogP contribution in [0.5, 0.6) is 0 Å². The van der Waals surface area contributed by atoms with E-state index in [1.165, 1.54) is 0 Å². The Balaban J connectivity index is 1.68. The molecule has 3 rings (SSSR count). The molecule has 6 nitrogen and oxygen atoms in total. The highest BCUT2D eigenvalue weighted by Gasteiger charge is 2.21. The molecule has 0 radical (unpaired) electrons. The zero-order valence-electron chi connectivity index (χ0n) is 10.8. The second kappa shape index (κ2) is 5.80. The number of rotatable bonds is 3. The quantitative estimate of drug-likeness (QED) is 0.854. The Morgan fingerprint density at radius 3 is 2.85 bits per heavy atom. The second-order valence-corrected chi connectivity index (χ2v) is 5.44. The summed E-state index contributed by atoms with van der Waals surface area (Å²) in [6.07, 6.45) is 3.56. The molecule has 0 spiro atoms. The van der Waals surface area contributed by atoms with Crippen LogP contribution in [0.15, 0.2) is 33.4 Å². The minimum absolute atomic E-state index is 0.0822. The normalized spacial score (nSPS) is 15.6. The van der Waals surface area contributed by atoms with Crippen LogP contribution in [0.2, 0.25) is 0 Å². The molecule has 1 saturated heterocycles. The molecule has 0 N–H and O–H groups in total. The van der Waals surface area contributed by atoms with Gasteiger partial charge in [-0.05, 0) is 28.1 Å². The van der Waals surface area contributed by atoms with Crippen molar-refractivity contribution >= 4 is 21.8 Å². The molecular weight excluding hydrogens is 326 g/mol. The molecule has 3 heterocycles. The van der Waals surface area contributed by atoms with Gasteiger partial charge < -0.3 is 14.1 Å². The van der Waals surface area contributed by atoms with E-state index in [2.05, 4.69) is 21.0 Å². The Kier molecular flexibility index (Phi) is 3.88. The van der Waals surface area contributed by atoms with Crippen molar-refractivity contribution in [3.8, 4) is 0 Å². The molecule has 0 atom stereocenters. The molecule has 0 aliphatic carbocycles. The van der Waals surface area contributed by atoms with Gasteiger partial charge >= 0.3 is 0 Å². The molecule has 106 valence electrons. The summed E-state index contributed by atoms with van der Waals surface area (Å²) in [6, 6.07) is 3.52. The SMILES string of the molecule is O=C(c1ccc(Cn2cc(Br)cn2)o1)N1CCOCC1. The van der Waals surface area contributed by atoms with E-state index in [1.54, 1.807) is 21.8 Å². The van der Waals surface area contributed by atoms with Crippen molar-refractivity contribution in [3.63, 3.8) is 0 Å². The van der Waals surface area contributed by atoms with Gasteiger partial charge in [0, 0.05) is 19.3 Å². The van der Waals surface area contributed by atoms with Crippen LogP contribution < -0.4 is 0 Å². The fraction of sp³-hybridized carbons (Fsp3) is 0.385. The largest absolute Gasteiger partial charge is 0.454 e. The molecule has 1 amide bonds. The lowest BCUT2D eigenvalue weighted by molar-refractivity contribution is 0.0281. The van der Waals surface area contributed by atoms with E-state index >= 15 is 0 Å². The summed E-state index contributed by atoms with van der Waals surface area (Å²) >= 11 is 3.34. The highest BCUT2D eigenvalue weighted by Crippen LogP contribution is 2.14. The summed E-state index contributed by atoms with van der Waals surface area (Å²) in [4.78, 5) is 14.0. The first-order valence-electron chi connectivity index (χ1n) is 6.36. The topological polar surface area (TPSA) is 60.5 Å². The molecule has 1 aliphatic heterocycles. The standard InChI is InChI=1S/C13H14BrN3O3/c14-10-7-15-17(8-10)9-11-1-2-12(20-11)13(18)16-3-5-19-6-4-16/h1-2,7-8H,3-6,9H2. The fourth-order valence-electron chi connectivity index (χ4n) is 2.08. The van der Waals surface area contributed by atoms with Gasteiger partial charge in [-0.1, -0.05) is 0 Å². The van der Waals surface area contributed by atoms with Gasteiger partial charge in [0.1, 0.15) is 5.76 Å². The fourth-order valence-corrected chi connectivity index (χ4v) is 2.41. The summed E-state index contributed by atoms with van der Waals surface area (Å²) < 4.78 is 13.5. The predicted octanol–water partition coefficient (Wildman–Crippen LogP) is 1.76. The highest BCUT2D eigenvalue weighted by atomic mass is 79.9. The van der Waals surface area contributed by atoms with Gasteiger partial charge in [0.15, 0.2) is 5.76 Å². The Morgan fingerprint density at radius 2 is 2.15 bits per heavy atom. The van der Waals surface area contributed by atoms with Crippen molar-refractivity contribution in [1.82, 2.24) is 14.7 Å². The first-order valence-corrected chi connectivity index (χ1v) is 7.15. The number of morpholine rings is 1. The summed E-state index contributed by atoms with van der Waals surface area (Å²) in [5.41, 5.74) is 0. The third-order valence-electron chi connectivity index (χ3n) is 3.09. The molecule has 2 aromatic heterocycles. The van der Waals surface area contributed by atoms with Gasteiger partial charge in [-0.3, -0.25) is 9.48 Å². The number of nitrogens with zero attached hydrogens (tertiary/aromatic N) is 3. The maximum Gasteiger partial charge on any atom is 0.289 e. The van der Waals surface area contributed by atoms with E-state index in [1.807, 2.05) is 12.3 Å². The van der Waals surface area contributed by atoms with Crippen molar-refractivity contribution in [2.75, 3.05) is 26.3 Å². The van der Waals surface area contributed by atoms with Crippen LogP contribution in [0.1, 0.15) is 16.3 Å². The summed E-state index contributed by atoms with van der Waals surface area (Å²) in [6.45, 7) is 2.89. The maximum absolute atomic E-state index is 12.2.